The number of nitrogens with two attached hydrogens (primary N) is 1. The highest BCUT2D eigenvalue weighted by molar-refractivity contribution is 5.60. The highest BCUT2D eigenvalue weighted by atomic mass is 15.1. The number of hydrogen-bond acceptors (Lipinski definition) is 3. The van der Waals surface area contributed by atoms with Crippen molar-refractivity contribution in [3.8, 4) is 6.07 Å². The van der Waals surface area contributed by atoms with Crippen LogP contribution in [0, 0.1) is 24.2 Å². The van der Waals surface area contributed by atoms with Gasteiger partial charge in [-0.2, -0.15) is 5.26 Å². The molecule has 0 aliphatic heterocycles. The number of hydrogen-bond donors (Lipinski definition) is 1. The molecule has 3 heteroatoms. The number of nitrogens with zero attached hydrogens (tertiary/aromatic N) is 2. The summed E-state index contributed by atoms with van der Waals surface area (Å²) < 4.78 is 0. The molecule has 1 rings (SSSR count). The molecule has 1 atom stereocenters. The van der Waals surface area contributed by atoms with Gasteiger partial charge in [-0.05, 0) is 31.5 Å². The monoisotopic (exact) mass is 203 g/mol. The van der Waals surface area contributed by atoms with Crippen molar-refractivity contribution in [2.45, 2.75) is 13.8 Å². The number of anilines is 2. The Morgan fingerprint density at radius 1 is 1.53 bits per heavy atom. The van der Waals surface area contributed by atoms with Crippen molar-refractivity contribution in [2.75, 3.05) is 24.2 Å². The average molecular weight is 203 g/mol. The Hall–Kier alpha value is -1.69. The van der Waals surface area contributed by atoms with Crippen LogP contribution in [0.2, 0.25) is 0 Å². The molecule has 3 nitrogen and oxygen atoms in total. The van der Waals surface area contributed by atoms with Gasteiger partial charge in [0.25, 0.3) is 0 Å². The fourth-order valence-corrected chi connectivity index (χ4v) is 1.59. The lowest BCUT2D eigenvalue weighted by Gasteiger charge is -2.22. The molecule has 0 amide bonds. The minimum atomic E-state index is 0.0239. The van der Waals surface area contributed by atoms with Gasteiger partial charge < -0.3 is 10.6 Å². The SMILES string of the molecule is Cc1ccc(N)cc1N(C)CC(C)C#N. The van der Waals surface area contributed by atoms with Crippen molar-refractivity contribution in [3.05, 3.63) is 23.8 Å². The topological polar surface area (TPSA) is 53.0 Å². The van der Waals surface area contributed by atoms with Gasteiger partial charge in [0.05, 0.1) is 12.0 Å². The van der Waals surface area contributed by atoms with Gasteiger partial charge >= 0.3 is 0 Å². The summed E-state index contributed by atoms with van der Waals surface area (Å²) in [6.45, 7) is 4.68. The van der Waals surface area contributed by atoms with Crippen LogP contribution in [0.1, 0.15) is 12.5 Å². The third-order valence-electron chi connectivity index (χ3n) is 2.41. The molecule has 0 fully saturated rings. The Morgan fingerprint density at radius 3 is 2.80 bits per heavy atom. The molecule has 0 heterocycles. The predicted molar refractivity (Wildman–Crippen MR) is 63.6 cm³/mol. The summed E-state index contributed by atoms with van der Waals surface area (Å²) in [4.78, 5) is 2.07. The van der Waals surface area contributed by atoms with E-state index < -0.39 is 0 Å². The Kier molecular flexibility index (Phi) is 3.56. The lowest BCUT2D eigenvalue weighted by atomic mass is 10.1. The first-order valence-electron chi connectivity index (χ1n) is 5.01. The van der Waals surface area contributed by atoms with Gasteiger partial charge in [0.1, 0.15) is 0 Å². The van der Waals surface area contributed by atoms with Crippen molar-refractivity contribution >= 4 is 11.4 Å². The summed E-state index contributed by atoms with van der Waals surface area (Å²) in [5, 5.41) is 8.75. The van der Waals surface area contributed by atoms with Crippen molar-refractivity contribution in [3.63, 3.8) is 0 Å². The first-order valence-corrected chi connectivity index (χ1v) is 5.01. The number of aryl methyl sites for hydroxylation is 1. The Labute approximate surface area is 91.1 Å². The minimum absolute atomic E-state index is 0.0239. The van der Waals surface area contributed by atoms with E-state index in [9.17, 15) is 0 Å². The maximum atomic E-state index is 8.75. The molecule has 0 aliphatic carbocycles. The molecule has 1 unspecified atom stereocenters. The second kappa shape index (κ2) is 4.70. The molecule has 2 N–H and O–H groups in total. The Balaban J connectivity index is 2.86. The third kappa shape index (κ3) is 2.88. The molecule has 80 valence electrons. The van der Waals surface area contributed by atoms with Gasteiger partial charge in [-0.15, -0.1) is 0 Å². The molecule has 1 aromatic carbocycles. The van der Waals surface area contributed by atoms with Gasteiger partial charge in [-0.1, -0.05) is 6.07 Å². The standard InChI is InChI=1S/C12H17N3/c1-9(7-13)8-15(3)12-6-11(14)5-4-10(12)2/h4-6,9H,8,14H2,1-3H3. The quantitative estimate of drug-likeness (QED) is 0.766. The molecule has 0 radical (unpaired) electrons. The Bertz CT molecular complexity index is 379. The lowest BCUT2D eigenvalue weighted by molar-refractivity contribution is 0.715. The van der Waals surface area contributed by atoms with Crippen LogP contribution in [-0.4, -0.2) is 13.6 Å². The maximum Gasteiger partial charge on any atom is 0.0671 e. The Morgan fingerprint density at radius 2 is 2.20 bits per heavy atom. The summed E-state index contributed by atoms with van der Waals surface area (Å²) in [7, 11) is 1.98. The fourth-order valence-electron chi connectivity index (χ4n) is 1.59. The first-order chi connectivity index (χ1) is 7.04. The summed E-state index contributed by atoms with van der Waals surface area (Å²) in [5.74, 6) is 0.0239. The molecule has 15 heavy (non-hydrogen) atoms. The van der Waals surface area contributed by atoms with Gasteiger partial charge in [0, 0.05) is 25.0 Å². The first kappa shape index (κ1) is 11.4. The van der Waals surface area contributed by atoms with Crippen molar-refractivity contribution in [2.24, 2.45) is 5.92 Å². The van der Waals surface area contributed by atoms with Crippen LogP contribution in [-0.2, 0) is 0 Å². The van der Waals surface area contributed by atoms with Crippen LogP contribution in [0.3, 0.4) is 0 Å². The predicted octanol–water partition coefficient (Wildman–Crippen LogP) is 2.17. The molecule has 0 spiro atoms. The van der Waals surface area contributed by atoms with E-state index in [1.807, 2.05) is 39.1 Å². The summed E-state index contributed by atoms with van der Waals surface area (Å²) in [6, 6.07) is 8.06. The van der Waals surface area contributed by atoms with Crippen LogP contribution in [0.4, 0.5) is 11.4 Å². The highest BCUT2D eigenvalue weighted by Gasteiger charge is 2.08. The van der Waals surface area contributed by atoms with Crippen LogP contribution in [0.5, 0.6) is 0 Å². The van der Waals surface area contributed by atoms with Crippen LogP contribution in [0.25, 0.3) is 0 Å². The van der Waals surface area contributed by atoms with E-state index in [0.29, 0.717) is 0 Å². The van der Waals surface area contributed by atoms with E-state index >= 15 is 0 Å². The molecular weight excluding hydrogens is 186 g/mol. The molecule has 0 bridgehead atoms. The molecule has 0 saturated carbocycles. The second-order valence-electron chi connectivity index (χ2n) is 3.96. The largest absolute Gasteiger partial charge is 0.399 e. The van der Waals surface area contributed by atoms with Gasteiger partial charge in [-0.25, -0.2) is 0 Å². The summed E-state index contributed by atoms with van der Waals surface area (Å²) >= 11 is 0. The van der Waals surface area contributed by atoms with Gasteiger partial charge in [0.15, 0.2) is 0 Å². The van der Waals surface area contributed by atoms with E-state index in [2.05, 4.69) is 11.0 Å². The van der Waals surface area contributed by atoms with E-state index in [1.54, 1.807) is 0 Å². The van der Waals surface area contributed by atoms with E-state index in [1.165, 1.54) is 5.56 Å². The zero-order chi connectivity index (χ0) is 11.4. The highest BCUT2D eigenvalue weighted by Crippen LogP contribution is 2.22. The smallest absolute Gasteiger partial charge is 0.0671 e. The van der Waals surface area contributed by atoms with Gasteiger partial charge in [0.2, 0.25) is 0 Å². The van der Waals surface area contributed by atoms with Crippen molar-refractivity contribution in [1.82, 2.24) is 0 Å². The zero-order valence-electron chi connectivity index (χ0n) is 9.49. The molecule has 0 aliphatic rings. The molecule has 0 aromatic heterocycles. The minimum Gasteiger partial charge on any atom is -0.399 e. The van der Waals surface area contributed by atoms with Crippen LogP contribution >= 0.6 is 0 Å². The van der Waals surface area contributed by atoms with Crippen LogP contribution < -0.4 is 10.6 Å². The summed E-state index contributed by atoms with van der Waals surface area (Å²) in [6.07, 6.45) is 0. The average Bonchev–Trinajstić information content (AvgIpc) is 2.21. The second-order valence-corrected chi connectivity index (χ2v) is 3.96. The molecule has 0 saturated heterocycles. The number of nitriles is 1. The molecular formula is C12H17N3. The van der Waals surface area contributed by atoms with E-state index in [0.717, 1.165) is 17.9 Å². The maximum absolute atomic E-state index is 8.75. The normalized spacial score (nSPS) is 11.9. The summed E-state index contributed by atoms with van der Waals surface area (Å²) in [5.41, 5.74) is 8.77. The van der Waals surface area contributed by atoms with Crippen molar-refractivity contribution < 1.29 is 0 Å². The van der Waals surface area contributed by atoms with Crippen LogP contribution in [0.15, 0.2) is 18.2 Å². The fraction of sp³-hybridized carbons (Fsp3) is 0.417. The van der Waals surface area contributed by atoms with Crippen molar-refractivity contribution in [1.29, 1.82) is 5.26 Å². The van der Waals surface area contributed by atoms with Gasteiger partial charge in [-0.3, -0.25) is 0 Å². The zero-order valence-corrected chi connectivity index (χ0v) is 9.49. The lowest BCUT2D eigenvalue weighted by Crippen LogP contribution is -2.23. The third-order valence-corrected chi connectivity index (χ3v) is 2.41. The number of rotatable bonds is 3. The molecule has 1 aromatic rings. The number of nitrogen functional groups attached to an aromatic ring is 1. The number of benzene rings is 1. The van der Waals surface area contributed by atoms with E-state index in [4.69, 9.17) is 11.0 Å². The van der Waals surface area contributed by atoms with E-state index in [-0.39, 0.29) is 5.92 Å².